The SMILES string of the molecule is CC(C)n1ccnc1C1CCCN(C(=O)c2cccs2)C1. The first-order valence-electron chi connectivity index (χ1n) is 7.52. The second-order valence-corrected chi connectivity index (χ2v) is 6.80. The molecule has 21 heavy (non-hydrogen) atoms. The molecule has 0 radical (unpaired) electrons. The fourth-order valence-corrected chi connectivity index (χ4v) is 3.70. The third-order valence-electron chi connectivity index (χ3n) is 4.06. The highest BCUT2D eigenvalue weighted by Gasteiger charge is 2.28. The maximum absolute atomic E-state index is 12.5. The van der Waals surface area contributed by atoms with Crippen molar-refractivity contribution in [3.8, 4) is 0 Å². The van der Waals surface area contributed by atoms with Crippen LogP contribution in [0.2, 0.25) is 0 Å². The average molecular weight is 303 g/mol. The molecule has 112 valence electrons. The number of hydrogen-bond acceptors (Lipinski definition) is 3. The highest BCUT2D eigenvalue weighted by molar-refractivity contribution is 7.12. The largest absolute Gasteiger partial charge is 0.337 e. The molecule has 1 unspecified atom stereocenters. The topological polar surface area (TPSA) is 38.1 Å². The van der Waals surface area contributed by atoms with Crippen LogP contribution in [0.4, 0.5) is 0 Å². The van der Waals surface area contributed by atoms with E-state index in [2.05, 4.69) is 23.4 Å². The molecule has 0 spiro atoms. The van der Waals surface area contributed by atoms with Crippen molar-refractivity contribution in [1.82, 2.24) is 14.5 Å². The number of piperidine rings is 1. The highest BCUT2D eigenvalue weighted by Crippen LogP contribution is 2.28. The van der Waals surface area contributed by atoms with E-state index in [4.69, 9.17) is 0 Å². The second-order valence-electron chi connectivity index (χ2n) is 5.85. The Bertz CT molecular complexity index is 603. The maximum Gasteiger partial charge on any atom is 0.263 e. The van der Waals surface area contributed by atoms with E-state index < -0.39 is 0 Å². The Kier molecular flexibility index (Phi) is 4.10. The van der Waals surface area contributed by atoms with Gasteiger partial charge in [-0.3, -0.25) is 4.79 Å². The molecule has 1 saturated heterocycles. The number of likely N-dealkylation sites (tertiary alicyclic amines) is 1. The molecular formula is C16H21N3OS. The Morgan fingerprint density at radius 1 is 1.48 bits per heavy atom. The predicted molar refractivity (Wildman–Crippen MR) is 84.8 cm³/mol. The molecule has 2 aromatic heterocycles. The summed E-state index contributed by atoms with van der Waals surface area (Å²) in [7, 11) is 0. The lowest BCUT2D eigenvalue weighted by molar-refractivity contribution is 0.0708. The molecule has 0 N–H and O–H groups in total. The maximum atomic E-state index is 12.5. The number of rotatable bonds is 3. The van der Waals surface area contributed by atoms with Gasteiger partial charge in [0.2, 0.25) is 0 Å². The van der Waals surface area contributed by atoms with Gasteiger partial charge in [-0.15, -0.1) is 11.3 Å². The van der Waals surface area contributed by atoms with Crippen molar-refractivity contribution in [2.45, 2.75) is 38.6 Å². The van der Waals surface area contributed by atoms with Crippen LogP contribution in [-0.4, -0.2) is 33.4 Å². The molecule has 5 heteroatoms. The van der Waals surface area contributed by atoms with Gasteiger partial charge >= 0.3 is 0 Å². The molecule has 1 amide bonds. The van der Waals surface area contributed by atoms with Crippen LogP contribution in [0.25, 0.3) is 0 Å². The van der Waals surface area contributed by atoms with Crippen LogP contribution >= 0.6 is 11.3 Å². The van der Waals surface area contributed by atoms with E-state index in [1.807, 2.05) is 34.8 Å². The summed E-state index contributed by atoms with van der Waals surface area (Å²) in [5.41, 5.74) is 0. The quantitative estimate of drug-likeness (QED) is 0.869. The smallest absolute Gasteiger partial charge is 0.263 e. The minimum absolute atomic E-state index is 0.164. The molecule has 0 saturated carbocycles. The monoisotopic (exact) mass is 303 g/mol. The molecule has 4 nitrogen and oxygen atoms in total. The predicted octanol–water partition coefficient (Wildman–Crippen LogP) is 3.55. The summed E-state index contributed by atoms with van der Waals surface area (Å²) in [6.45, 7) is 5.97. The normalized spacial score (nSPS) is 19.2. The minimum atomic E-state index is 0.164. The van der Waals surface area contributed by atoms with E-state index >= 15 is 0 Å². The average Bonchev–Trinajstić information content (AvgIpc) is 3.17. The van der Waals surface area contributed by atoms with Crippen LogP contribution in [0.1, 0.15) is 54.1 Å². The highest BCUT2D eigenvalue weighted by atomic mass is 32.1. The molecule has 1 fully saturated rings. The van der Waals surface area contributed by atoms with Gasteiger partial charge in [0.05, 0.1) is 4.88 Å². The molecule has 1 aliphatic rings. The molecule has 0 aliphatic carbocycles. The minimum Gasteiger partial charge on any atom is -0.337 e. The Morgan fingerprint density at radius 3 is 3.05 bits per heavy atom. The van der Waals surface area contributed by atoms with Crippen LogP contribution in [0, 0.1) is 0 Å². The van der Waals surface area contributed by atoms with Crippen molar-refractivity contribution in [2.24, 2.45) is 0 Å². The number of nitrogens with zero attached hydrogens (tertiary/aromatic N) is 3. The number of carbonyl (C=O) groups excluding carboxylic acids is 1. The van der Waals surface area contributed by atoms with Crippen LogP contribution < -0.4 is 0 Å². The van der Waals surface area contributed by atoms with E-state index in [-0.39, 0.29) is 5.91 Å². The van der Waals surface area contributed by atoms with Crippen LogP contribution in [0.5, 0.6) is 0 Å². The Morgan fingerprint density at radius 2 is 2.33 bits per heavy atom. The van der Waals surface area contributed by atoms with Gasteiger partial charge in [-0.2, -0.15) is 0 Å². The van der Waals surface area contributed by atoms with Crippen molar-refractivity contribution >= 4 is 17.2 Å². The first-order valence-corrected chi connectivity index (χ1v) is 8.40. The molecule has 1 aliphatic heterocycles. The standard InChI is InChI=1S/C16H21N3OS/c1-12(2)19-9-7-17-15(19)13-5-3-8-18(11-13)16(20)14-6-4-10-21-14/h4,6-7,9-10,12-13H,3,5,8,11H2,1-2H3. The first kappa shape index (κ1) is 14.3. The van der Waals surface area contributed by atoms with Crippen molar-refractivity contribution in [1.29, 1.82) is 0 Å². The van der Waals surface area contributed by atoms with E-state index in [1.54, 1.807) is 0 Å². The summed E-state index contributed by atoms with van der Waals surface area (Å²) in [6, 6.07) is 4.25. The van der Waals surface area contributed by atoms with Gasteiger partial charge in [-0.05, 0) is 38.1 Å². The van der Waals surface area contributed by atoms with Gasteiger partial charge in [0, 0.05) is 37.4 Å². The third-order valence-corrected chi connectivity index (χ3v) is 4.92. The summed E-state index contributed by atoms with van der Waals surface area (Å²) in [5.74, 6) is 1.63. The Balaban J connectivity index is 1.77. The lowest BCUT2D eigenvalue weighted by Crippen LogP contribution is -2.39. The van der Waals surface area contributed by atoms with Gasteiger partial charge in [-0.25, -0.2) is 4.98 Å². The fraction of sp³-hybridized carbons (Fsp3) is 0.500. The van der Waals surface area contributed by atoms with Gasteiger partial charge in [0.15, 0.2) is 0 Å². The molecule has 3 rings (SSSR count). The van der Waals surface area contributed by atoms with Gasteiger partial charge in [0.1, 0.15) is 5.82 Å². The zero-order valence-electron chi connectivity index (χ0n) is 12.5. The van der Waals surface area contributed by atoms with E-state index in [0.717, 1.165) is 36.6 Å². The van der Waals surface area contributed by atoms with Crippen molar-refractivity contribution < 1.29 is 4.79 Å². The van der Waals surface area contributed by atoms with E-state index in [9.17, 15) is 4.79 Å². The van der Waals surface area contributed by atoms with Crippen LogP contribution in [0.15, 0.2) is 29.9 Å². The molecule has 3 heterocycles. The third kappa shape index (κ3) is 2.88. The number of hydrogen-bond donors (Lipinski definition) is 0. The molecule has 0 aromatic carbocycles. The summed E-state index contributed by atoms with van der Waals surface area (Å²) in [4.78, 5) is 19.9. The summed E-state index contributed by atoms with van der Waals surface area (Å²) in [6.07, 6.45) is 6.07. The van der Waals surface area contributed by atoms with Crippen molar-refractivity contribution in [2.75, 3.05) is 13.1 Å². The first-order chi connectivity index (χ1) is 10.2. The van der Waals surface area contributed by atoms with Gasteiger partial charge < -0.3 is 9.47 Å². The van der Waals surface area contributed by atoms with Crippen molar-refractivity contribution in [3.63, 3.8) is 0 Å². The zero-order chi connectivity index (χ0) is 14.8. The number of carbonyl (C=O) groups is 1. The lowest BCUT2D eigenvalue weighted by atomic mass is 9.96. The summed E-state index contributed by atoms with van der Waals surface area (Å²) < 4.78 is 2.23. The summed E-state index contributed by atoms with van der Waals surface area (Å²) in [5, 5.41) is 1.96. The zero-order valence-corrected chi connectivity index (χ0v) is 13.3. The van der Waals surface area contributed by atoms with E-state index in [0.29, 0.717) is 12.0 Å². The molecule has 1 atom stereocenters. The molecule has 2 aromatic rings. The molecule has 0 bridgehead atoms. The van der Waals surface area contributed by atoms with Crippen LogP contribution in [-0.2, 0) is 0 Å². The molecular weight excluding hydrogens is 282 g/mol. The number of thiophene rings is 1. The van der Waals surface area contributed by atoms with Crippen LogP contribution in [0.3, 0.4) is 0 Å². The van der Waals surface area contributed by atoms with E-state index in [1.165, 1.54) is 11.3 Å². The lowest BCUT2D eigenvalue weighted by Gasteiger charge is -2.32. The number of aromatic nitrogens is 2. The number of amides is 1. The van der Waals surface area contributed by atoms with Crippen molar-refractivity contribution in [3.05, 3.63) is 40.6 Å². The van der Waals surface area contributed by atoms with Gasteiger partial charge in [-0.1, -0.05) is 6.07 Å². The number of imidazole rings is 1. The van der Waals surface area contributed by atoms with Gasteiger partial charge in [0.25, 0.3) is 5.91 Å². The Labute approximate surface area is 129 Å². The fourth-order valence-electron chi connectivity index (χ4n) is 3.01. The Hall–Kier alpha value is -1.62. The summed E-state index contributed by atoms with van der Waals surface area (Å²) >= 11 is 1.52. The second kappa shape index (κ2) is 6.02.